The van der Waals surface area contributed by atoms with Gasteiger partial charge in [0.15, 0.2) is 5.96 Å². The van der Waals surface area contributed by atoms with Gasteiger partial charge in [-0.1, -0.05) is 19.1 Å². The third-order valence-electron chi connectivity index (χ3n) is 5.01. The summed E-state index contributed by atoms with van der Waals surface area (Å²) in [6.45, 7) is 10.1. The second kappa shape index (κ2) is 13.0. The van der Waals surface area contributed by atoms with Crippen LogP contribution < -0.4 is 16.0 Å². The summed E-state index contributed by atoms with van der Waals surface area (Å²) in [7, 11) is 1.80. The third-order valence-corrected chi connectivity index (χ3v) is 5.01. The van der Waals surface area contributed by atoms with E-state index in [9.17, 15) is 4.79 Å². The van der Waals surface area contributed by atoms with E-state index in [2.05, 4.69) is 39.7 Å². The molecule has 6 nitrogen and oxygen atoms in total. The summed E-state index contributed by atoms with van der Waals surface area (Å²) in [5.41, 5.74) is 1.77. The number of nitrogens with zero attached hydrogens (tertiary/aromatic N) is 2. The van der Waals surface area contributed by atoms with Crippen molar-refractivity contribution in [3.05, 3.63) is 35.4 Å². The van der Waals surface area contributed by atoms with Crippen LogP contribution in [-0.2, 0) is 6.54 Å². The number of piperidine rings is 1. The van der Waals surface area contributed by atoms with Gasteiger partial charge in [0.2, 0.25) is 0 Å². The molecule has 1 aromatic carbocycles. The fourth-order valence-electron chi connectivity index (χ4n) is 3.30. The number of halogens is 1. The molecular weight excluding hydrogens is 465 g/mol. The first-order valence-corrected chi connectivity index (χ1v) is 10.1. The molecule has 0 radical (unpaired) electrons. The number of hydrogen-bond donors (Lipinski definition) is 3. The fraction of sp³-hybridized carbons (Fsp3) is 0.619. The lowest BCUT2D eigenvalue weighted by Crippen LogP contribution is -2.49. The van der Waals surface area contributed by atoms with E-state index in [4.69, 9.17) is 0 Å². The maximum atomic E-state index is 12.1. The monoisotopic (exact) mass is 501 g/mol. The SMILES string of the molecule is CCCNC(=O)c1cccc(CNC(=NC)NC2CCN(C(C)C)CC2)c1.I. The number of benzene rings is 1. The summed E-state index contributed by atoms with van der Waals surface area (Å²) in [6.07, 6.45) is 3.20. The first kappa shape index (κ1) is 24.7. The number of carbonyl (C=O) groups excluding carboxylic acids is 1. The van der Waals surface area contributed by atoms with Crippen LogP contribution in [0.2, 0.25) is 0 Å². The first-order chi connectivity index (χ1) is 13.0. The highest BCUT2D eigenvalue weighted by Gasteiger charge is 2.21. The van der Waals surface area contributed by atoms with E-state index in [1.807, 2.05) is 31.2 Å². The number of likely N-dealkylation sites (tertiary alicyclic amines) is 1. The Morgan fingerprint density at radius 3 is 2.57 bits per heavy atom. The van der Waals surface area contributed by atoms with Crippen molar-refractivity contribution < 1.29 is 4.79 Å². The minimum Gasteiger partial charge on any atom is -0.354 e. The molecule has 2 rings (SSSR count). The predicted molar refractivity (Wildman–Crippen MR) is 128 cm³/mol. The van der Waals surface area contributed by atoms with Gasteiger partial charge in [-0.25, -0.2) is 0 Å². The lowest BCUT2D eigenvalue weighted by molar-refractivity contribution is 0.0953. The standard InChI is InChI=1S/C21H35N5O.HI/c1-5-11-23-20(27)18-8-6-7-17(14-18)15-24-21(22-4)25-19-9-12-26(13-10-19)16(2)3;/h6-8,14,16,19H,5,9-13,15H2,1-4H3,(H,23,27)(H2,22,24,25);1H. The Morgan fingerprint density at radius 2 is 1.96 bits per heavy atom. The van der Waals surface area contributed by atoms with E-state index in [0.717, 1.165) is 43.9 Å². The molecule has 1 aliphatic rings. The Kier molecular flexibility index (Phi) is 11.4. The maximum absolute atomic E-state index is 12.1. The second-order valence-corrected chi connectivity index (χ2v) is 7.43. The number of hydrogen-bond acceptors (Lipinski definition) is 3. The van der Waals surface area contributed by atoms with Crippen molar-refractivity contribution in [1.82, 2.24) is 20.9 Å². The molecule has 158 valence electrons. The molecule has 1 aliphatic heterocycles. The summed E-state index contributed by atoms with van der Waals surface area (Å²) < 4.78 is 0. The minimum atomic E-state index is -0.0156. The largest absolute Gasteiger partial charge is 0.354 e. The lowest BCUT2D eigenvalue weighted by atomic mass is 10.0. The average molecular weight is 501 g/mol. The average Bonchev–Trinajstić information content (AvgIpc) is 2.69. The molecule has 0 aliphatic carbocycles. The van der Waals surface area contributed by atoms with E-state index >= 15 is 0 Å². The Morgan fingerprint density at radius 1 is 1.25 bits per heavy atom. The zero-order valence-corrected chi connectivity index (χ0v) is 20.0. The molecule has 28 heavy (non-hydrogen) atoms. The van der Waals surface area contributed by atoms with Gasteiger partial charge in [-0.2, -0.15) is 0 Å². The molecule has 1 heterocycles. The first-order valence-electron chi connectivity index (χ1n) is 10.1. The molecule has 1 amide bonds. The van der Waals surface area contributed by atoms with Crippen LogP contribution in [0.5, 0.6) is 0 Å². The van der Waals surface area contributed by atoms with Crippen LogP contribution in [0, 0.1) is 0 Å². The molecule has 1 aromatic rings. The van der Waals surface area contributed by atoms with Gasteiger partial charge in [0.1, 0.15) is 0 Å². The zero-order chi connectivity index (χ0) is 19.6. The van der Waals surface area contributed by atoms with Crippen molar-refractivity contribution in [3.8, 4) is 0 Å². The summed E-state index contributed by atoms with van der Waals surface area (Å²) in [4.78, 5) is 19.0. The van der Waals surface area contributed by atoms with E-state index in [0.29, 0.717) is 30.7 Å². The molecule has 0 bridgehead atoms. The van der Waals surface area contributed by atoms with E-state index in [1.165, 1.54) is 0 Å². The van der Waals surface area contributed by atoms with Crippen molar-refractivity contribution in [2.24, 2.45) is 4.99 Å². The smallest absolute Gasteiger partial charge is 0.251 e. The summed E-state index contributed by atoms with van der Waals surface area (Å²) >= 11 is 0. The Balaban J connectivity index is 0.00000392. The fourth-order valence-corrected chi connectivity index (χ4v) is 3.30. The molecule has 7 heteroatoms. The van der Waals surface area contributed by atoms with E-state index in [1.54, 1.807) is 7.05 Å². The lowest BCUT2D eigenvalue weighted by Gasteiger charge is -2.35. The van der Waals surface area contributed by atoms with Gasteiger partial charge in [-0.15, -0.1) is 24.0 Å². The molecule has 1 fully saturated rings. The molecular formula is C21H36IN5O. The van der Waals surface area contributed by atoms with Gasteiger partial charge < -0.3 is 20.9 Å². The molecule has 0 spiro atoms. The highest BCUT2D eigenvalue weighted by Crippen LogP contribution is 2.13. The van der Waals surface area contributed by atoms with Crippen LogP contribution in [0.15, 0.2) is 29.3 Å². The number of amides is 1. The number of aliphatic imine (C=N–C) groups is 1. The van der Waals surface area contributed by atoms with Gasteiger partial charge in [-0.3, -0.25) is 9.79 Å². The van der Waals surface area contributed by atoms with Crippen LogP contribution in [0.25, 0.3) is 0 Å². The van der Waals surface area contributed by atoms with Crippen molar-refractivity contribution in [2.45, 2.75) is 58.7 Å². The third kappa shape index (κ3) is 7.95. The summed E-state index contributed by atoms with van der Waals surface area (Å²) in [5, 5.41) is 9.82. The van der Waals surface area contributed by atoms with Gasteiger partial charge in [0.05, 0.1) is 0 Å². The molecule has 0 unspecified atom stereocenters. The van der Waals surface area contributed by atoms with Gasteiger partial charge in [-0.05, 0) is 50.8 Å². The van der Waals surface area contributed by atoms with E-state index in [-0.39, 0.29) is 29.9 Å². The van der Waals surface area contributed by atoms with Crippen LogP contribution in [0.4, 0.5) is 0 Å². The normalized spacial score (nSPS) is 15.8. The van der Waals surface area contributed by atoms with Crippen molar-refractivity contribution in [1.29, 1.82) is 0 Å². The van der Waals surface area contributed by atoms with Crippen LogP contribution in [0.3, 0.4) is 0 Å². The van der Waals surface area contributed by atoms with Crippen molar-refractivity contribution in [2.75, 3.05) is 26.7 Å². The predicted octanol–water partition coefficient (Wildman–Crippen LogP) is 2.98. The van der Waals surface area contributed by atoms with E-state index < -0.39 is 0 Å². The van der Waals surface area contributed by atoms with Crippen molar-refractivity contribution >= 4 is 35.8 Å². The quantitative estimate of drug-likeness (QED) is 0.305. The number of carbonyl (C=O) groups is 1. The Labute approximate surface area is 187 Å². The number of nitrogens with one attached hydrogen (secondary N) is 3. The number of guanidine groups is 1. The highest BCUT2D eigenvalue weighted by molar-refractivity contribution is 14.0. The molecule has 3 N–H and O–H groups in total. The number of rotatable bonds is 7. The summed E-state index contributed by atoms with van der Waals surface area (Å²) in [5.74, 6) is 0.803. The van der Waals surface area contributed by atoms with Crippen molar-refractivity contribution in [3.63, 3.8) is 0 Å². The molecule has 0 atom stereocenters. The van der Waals surface area contributed by atoms with Crippen LogP contribution in [-0.4, -0.2) is 55.5 Å². The van der Waals surface area contributed by atoms with Crippen LogP contribution >= 0.6 is 24.0 Å². The van der Waals surface area contributed by atoms with Gasteiger partial charge in [0.25, 0.3) is 5.91 Å². The topological polar surface area (TPSA) is 68.8 Å². The highest BCUT2D eigenvalue weighted by atomic mass is 127. The maximum Gasteiger partial charge on any atom is 0.251 e. The zero-order valence-electron chi connectivity index (χ0n) is 17.6. The van der Waals surface area contributed by atoms with Crippen LogP contribution in [0.1, 0.15) is 56.0 Å². The Bertz CT molecular complexity index is 627. The minimum absolute atomic E-state index is 0. The Hall–Kier alpha value is -1.35. The van der Waals surface area contributed by atoms with Gasteiger partial charge >= 0.3 is 0 Å². The summed E-state index contributed by atoms with van der Waals surface area (Å²) in [6, 6.07) is 8.81. The van der Waals surface area contributed by atoms with Gasteiger partial charge in [0, 0.05) is 50.9 Å². The molecule has 1 saturated heterocycles. The molecule has 0 saturated carbocycles. The second-order valence-electron chi connectivity index (χ2n) is 7.43. The molecule has 0 aromatic heterocycles.